The van der Waals surface area contributed by atoms with E-state index < -0.39 is 0 Å². The second-order valence-corrected chi connectivity index (χ2v) is 7.59. The summed E-state index contributed by atoms with van der Waals surface area (Å²) in [6.07, 6.45) is 9.17. The van der Waals surface area contributed by atoms with Crippen LogP contribution in [-0.2, 0) is 9.47 Å². The predicted octanol–water partition coefficient (Wildman–Crippen LogP) is 1.43. The van der Waals surface area contributed by atoms with Crippen molar-refractivity contribution in [3.8, 4) is 0 Å². The van der Waals surface area contributed by atoms with Gasteiger partial charge in [-0.25, -0.2) is 0 Å². The monoisotopic (exact) mass is 323 g/mol. The average molecular weight is 323 g/mol. The van der Waals surface area contributed by atoms with Crippen LogP contribution in [0.1, 0.15) is 44.9 Å². The predicted molar refractivity (Wildman–Crippen MR) is 90.5 cm³/mol. The molecule has 4 fully saturated rings. The average Bonchev–Trinajstić information content (AvgIpc) is 3.10. The third-order valence-electron chi connectivity index (χ3n) is 6.29. The molecule has 4 rings (SSSR count). The Morgan fingerprint density at radius 1 is 0.826 bits per heavy atom. The smallest absolute Gasteiger partial charge is 0.163 e. The highest BCUT2D eigenvalue weighted by molar-refractivity contribution is 5.05. The molecule has 3 unspecified atom stereocenters. The summed E-state index contributed by atoms with van der Waals surface area (Å²) in [7, 11) is 0. The molecule has 0 radical (unpaired) electrons. The van der Waals surface area contributed by atoms with Gasteiger partial charge in [0.15, 0.2) is 5.72 Å². The second-order valence-electron chi connectivity index (χ2n) is 7.59. The summed E-state index contributed by atoms with van der Waals surface area (Å²) in [5.41, 5.74) is -0.195. The Morgan fingerprint density at radius 3 is 2.39 bits per heavy atom. The van der Waals surface area contributed by atoms with Crippen molar-refractivity contribution in [2.75, 3.05) is 52.5 Å². The maximum Gasteiger partial charge on any atom is 0.163 e. The Labute approximate surface area is 140 Å². The molecule has 132 valence electrons. The number of nitrogens with zero attached hydrogens (tertiary/aromatic N) is 2. The van der Waals surface area contributed by atoms with E-state index >= 15 is 0 Å². The normalized spacial score (nSPS) is 41.2. The number of hydrogen-bond acceptors (Lipinski definition) is 5. The number of ether oxygens (including phenoxy) is 2. The van der Waals surface area contributed by atoms with Crippen LogP contribution in [0, 0.1) is 0 Å². The quantitative estimate of drug-likeness (QED) is 0.850. The van der Waals surface area contributed by atoms with Gasteiger partial charge in [-0.1, -0.05) is 6.42 Å². The van der Waals surface area contributed by atoms with Crippen molar-refractivity contribution in [1.29, 1.82) is 0 Å². The van der Waals surface area contributed by atoms with Gasteiger partial charge >= 0.3 is 0 Å². The largest absolute Gasteiger partial charge is 0.374 e. The second kappa shape index (κ2) is 7.36. The first-order valence-corrected chi connectivity index (χ1v) is 9.86. The first-order valence-electron chi connectivity index (χ1n) is 9.86. The molecule has 4 heterocycles. The van der Waals surface area contributed by atoms with Crippen LogP contribution >= 0.6 is 0 Å². The Balaban J connectivity index is 1.62. The molecule has 23 heavy (non-hydrogen) atoms. The molecule has 4 saturated heterocycles. The molecule has 0 spiro atoms. The highest BCUT2D eigenvalue weighted by Gasteiger charge is 2.57. The van der Waals surface area contributed by atoms with Gasteiger partial charge in [0.05, 0.1) is 12.6 Å². The molecule has 0 aromatic heterocycles. The van der Waals surface area contributed by atoms with Crippen LogP contribution in [0.15, 0.2) is 0 Å². The number of nitrogens with one attached hydrogen (secondary N) is 1. The molecule has 0 bridgehead atoms. The van der Waals surface area contributed by atoms with Gasteiger partial charge in [0.25, 0.3) is 0 Å². The maximum atomic E-state index is 6.62. The fourth-order valence-corrected chi connectivity index (χ4v) is 5.21. The maximum absolute atomic E-state index is 6.62. The summed E-state index contributed by atoms with van der Waals surface area (Å²) in [6.45, 7) is 8.62. The highest BCUT2D eigenvalue weighted by atomic mass is 16.6. The molecule has 5 nitrogen and oxygen atoms in total. The van der Waals surface area contributed by atoms with Crippen molar-refractivity contribution in [3.05, 3.63) is 0 Å². The Morgan fingerprint density at radius 2 is 1.65 bits per heavy atom. The van der Waals surface area contributed by atoms with Crippen molar-refractivity contribution in [2.24, 2.45) is 0 Å². The van der Waals surface area contributed by atoms with E-state index in [1.165, 1.54) is 51.6 Å². The number of piperidine rings is 1. The van der Waals surface area contributed by atoms with Crippen LogP contribution in [0.3, 0.4) is 0 Å². The van der Waals surface area contributed by atoms with Crippen LogP contribution in [-0.4, -0.2) is 80.2 Å². The van der Waals surface area contributed by atoms with E-state index in [4.69, 9.17) is 9.47 Å². The van der Waals surface area contributed by atoms with E-state index in [0.717, 1.165) is 45.8 Å². The number of piperazine rings is 1. The molecular formula is C18H33N3O2. The summed E-state index contributed by atoms with van der Waals surface area (Å²) in [5, 5.41) is 3.50. The molecule has 4 aliphatic rings. The van der Waals surface area contributed by atoms with Gasteiger partial charge in [0.1, 0.15) is 6.10 Å². The SMILES string of the molecule is C1CCN(C2CCOC2(C2CCCCO2)N2CCNCC2)CC1. The molecular weight excluding hydrogens is 290 g/mol. The van der Waals surface area contributed by atoms with Crippen LogP contribution in [0.5, 0.6) is 0 Å². The summed E-state index contributed by atoms with van der Waals surface area (Å²) < 4.78 is 12.9. The minimum Gasteiger partial charge on any atom is -0.374 e. The standard InChI is InChI=1S/C18H33N3O2/c1-3-10-20(11-4-1)16-7-15-23-18(16,17-6-2-5-14-22-17)21-12-8-19-9-13-21/h16-17,19H,1-15H2. The minimum absolute atomic E-state index is 0.195. The van der Waals surface area contributed by atoms with E-state index in [1.807, 2.05) is 0 Å². The first kappa shape index (κ1) is 16.3. The fourth-order valence-electron chi connectivity index (χ4n) is 5.21. The molecule has 0 saturated carbocycles. The summed E-state index contributed by atoms with van der Waals surface area (Å²) in [5.74, 6) is 0. The summed E-state index contributed by atoms with van der Waals surface area (Å²) >= 11 is 0. The Kier molecular flexibility index (Phi) is 5.21. The lowest BCUT2D eigenvalue weighted by molar-refractivity contribution is -0.236. The Hall–Kier alpha value is -0.200. The molecule has 0 aromatic rings. The Bertz CT molecular complexity index is 356. The zero-order valence-corrected chi connectivity index (χ0v) is 14.5. The van der Waals surface area contributed by atoms with E-state index in [9.17, 15) is 0 Å². The van der Waals surface area contributed by atoms with E-state index in [1.54, 1.807) is 0 Å². The van der Waals surface area contributed by atoms with Crippen molar-refractivity contribution >= 4 is 0 Å². The molecule has 3 atom stereocenters. The molecule has 1 N–H and O–H groups in total. The van der Waals surface area contributed by atoms with Gasteiger partial charge in [-0.05, 0) is 51.6 Å². The number of hydrogen-bond donors (Lipinski definition) is 1. The number of rotatable bonds is 3. The molecule has 0 aliphatic carbocycles. The highest BCUT2D eigenvalue weighted by Crippen LogP contribution is 2.41. The van der Waals surface area contributed by atoms with Gasteiger partial charge in [0.2, 0.25) is 0 Å². The zero-order chi connectivity index (χ0) is 15.5. The third-order valence-corrected chi connectivity index (χ3v) is 6.29. The van der Waals surface area contributed by atoms with Crippen LogP contribution in [0.4, 0.5) is 0 Å². The van der Waals surface area contributed by atoms with Crippen LogP contribution < -0.4 is 5.32 Å². The zero-order valence-electron chi connectivity index (χ0n) is 14.5. The fraction of sp³-hybridized carbons (Fsp3) is 1.00. The van der Waals surface area contributed by atoms with Crippen molar-refractivity contribution < 1.29 is 9.47 Å². The van der Waals surface area contributed by atoms with Crippen LogP contribution in [0.25, 0.3) is 0 Å². The van der Waals surface area contributed by atoms with Crippen molar-refractivity contribution in [3.63, 3.8) is 0 Å². The van der Waals surface area contributed by atoms with Crippen LogP contribution in [0.2, 0.25) is 0 Å². The first-order chi connectivity index (χ1) is 11.4. The molecule has 4 aliphatic heterocycles. The summed E-state index contributed by atoms with van der Waals surface area (Å²) in [6, 6.07) is 0.518. The van der Waals surface area contributed by atoms with Crippen molar-refractivity contribution in [2.45, 2.75) is 62.8 Å². The van der Waals surface area contributed by atoms with E-state index in [2.05, 4.69) is 15.1 Å². The topological polar surface area (TPSA) is 37.0 Å². The van der Waals surface area contributed by atoms with Crippen molar-refractivity contribution in [1.82, 2.24) is 15.1 Å². The van der Waals surface area contributed by atoms with Gasteiger partial charge in [-0.3, -0.25) is 9.80 Å². The molecule has 0 aromatic carbocycles. The molecule has 0 amide bonds. The lowest BCUT2D eigenvalue weighted by atomic mass is 9.88. The number of likely N-dealkylation sites (tertiary alicyclic amines) is 1. The van der Waals surface area contributed by atoms with Gasteiger partial charge in [-0.15, -0.1) is 0 Å². The summed E-state index contributed by atoms with van der Waals surface area (Å²) in [4.78, 5) is 5.36. The van der Waals surface area contributed by atoms with E-state index in [0.29, 0.717) is 6.04 Å². The van der Waals surface area contributed by atoms with E-state index in [-0.39, 0.29) is 11.8 Å². The third kappa shape index (κ3) is 3.07. The minimum atomic E-state index is -0.195. The molecule has 5 heteroatoms. The van der Waals surface area contributed by atoms with Gasteiger partial charge in [-0.2, -0.15) is 0 Å². The lowest BCUT2D eigenvalue weighted by Gasteiger charge is -2.53. The van der Waals surface area contributed by atoms with Gasteiger partial charge in [0, 0.05) is 32.8 Å². The lowest BCUT2D eigenvalue weighted by Crippen LogP contribution is -2.70. The van der Waals surface area contributed by atoms with Gasteiger partial charge < -0.3 is 14.8 Å².